The van der Waals surface area contributed by atoms with Crippen LogP contribution in [0.5, 0.6) is 0 Å². The Morgan fingerprint density at radius 2 is 1.78 bits per heavy atom. The van der Waals surface area contributed by atoms with Crippen molar-refractivity contribution in [1.29, 1.82) is 0 Å². The highest BCUT2D eigenvalue weighted by atomic mass is 19.4. The fraction of sp³-hybridized carbons (Fsp3) is 0.320. The van der Waals surface area contributed by atoms with Crippen molar-refractivity contribution in [3.8, 4) is 11.3 Å². The molecule has 0 aliphatic carbocycles. The molecule has 1 unspecified atom stereocenters. The van der Waals surface area contributed by atoms with E-state index >= 15 is 0 Å². The van der Waals surface area contributed by atoms with Gasteiger partial charge in [-0.3, -0.25) is 9.91 Å². The maximum atomic E-state index is 13.7. The molecule has 2 N–H and O–H groups in total. The predicted octanol–water partition coefficient (Wildman–Crippen LogP) is 3.94. The van der Waals surface area contributed by atoms with Crippen LogP contribution in [-0.2, 0) is 10.9 Å². The minimum absolute atomic E-state index is 0.131. The van der Waals surface area contributed by atoms with E-state index in [1.54, 1.807) is 18.5 Å². The number of hydrogen-bond donors (Lipinski definition) is 2. The summed E-state index contributed by atoms with van der Waals surface area (Å²) in [5.41, 5.74) is 5.41. The Labute approximate surface area is 212 Å². The molecule has 1 fully saturated rings. The molecule has 2 aliphatic rings. The van der Waals surface area contributed by atoms with Crippen LogP contribution in [0.2, 0.25) is 0 Å². The molecule has 0 spiro atoms. The highest BCUT2D eigenvalue weighted by Crippen LogP contribution is 2.36. The van der Waals surface area contributed by atoms with Crippen molar-refractivity contribution >= 4 is 29.3 Å². The van der Waals surface area contributed by atoms with Gasteiger partial charge in [-0.25, -0.2) is 15.0 Å². The van der Waals surface area contributed by atoms with Crippen LogP contribution in [-0.4, -0.2) is 67.9 Å². The standard InChI is InChI=1S/C25H27F3N8O/c1-34(2)24-30-16-36(33-24)20-5-3-19(4-6-20)31-23-29-8-7-22(32-23)17-13-18(25(26,27)28)15-21(14-17)35-9-11-37-12-10-35/h3-8,13-16,24,33H,9-12H2,1-2H3,(H,29,31,32). The zero-order valence-corrected chi connectivity index (χ0v) is 20.4. The number of anilines is 4. The molecule has 1 saturated heterocycles. The minimum atomic E-state index is -4.48. The molecule has 3 heterocycles. The topological polar surface area (TPSA) is 81.2 Å². The maximum Gasteiger partial charge on any atom is 0.416 e. The van der Waals surface area contributed by atoms with E-state index in [0.29, 0.717) is 43.2 Å². The van der Waals surface area contributed by atoms with Crippen molar-refractivity contribution in [2.24, 2.45) is 4.99 Å². The Morgan fingerprint density at radius 1 is 1.03 bits per heavy atom. The van der Waals surface area contributed by atoms with Gasteiger partial charge in [-0.1, -0.05) is 0 Å². The van der Waals surface area contributed by atoms with E-state index in [2.05, 4.69) is 25.7 Å². The highest BCUT2D eigenvalue weighted by molar-refractivity contribution is 5.80. The molecule has 0 bridgehead atoms. The van der Waals surface area contributed by atoms with Crippen molar-refractivity contribution in [2.45, 2.75) is 12.5 Å². The van der Waals surface area contributed by atoms with Crippen molar-refractivity contribution < 1.29 is 17.9 Å². The first-order valence-corrected chi connectivity index (χ1v) is 11.8. The Hall–Kier alpha value is -3.74. The number of aliphatic imine (C=N–C) groups is 1. The van der Waals surface area contributed by atoms with Crippen LogP contribution in [0, 0.1) is 0 Å². The molecule has 2 aromatic carbocycles. The van der Waals surface area contributed by atoms with Gasteiger partial charge in [-0.2, -0.15) is 18.6 Å². The van der Waals surface area contributed by atoms with Gasteiger partial charge in [0.15, 0.2) is 6.29 Å². The van der Waals surface area contributed by atoms with Crippen LogP contribution < -0.4 is 20.7 Å². The molecule has 9 nitrogen and oxygen atoms in total. The lowest BCUT2D eigenvalue weighted by Crippen LogP contribution is -2.44. The summed E-state index contributed by atoms with van der Waals surface area (Å²) in [4.78, 5) is 17.0. The molecule has 12 heteroatoms. The second-order valence-corrected chi connectivity index (χ2v) is 8.90. The van der Waals surface area contributed by atoms with Crippen molar-refractivity contribution in [3.05, 3.63) is 60.3 Å². The monoisotopic (exact) mass is 512 g/mol. The van der Waals surface area contributed by atoms with Gasteiger partial charge in [-0.15, -0.1) is 0 Å². The van der Waals surface area contributed by atoms with Gasteiger partial charge in [0.05, 0.1) is 30.2 Å². The van der Waals surface area contributed by atoms with Gasteiger partial charge in [-0.05, 0) is 62.6 Å². The summed E-state index contributed by atoms with van der Waals surface area (Å²) in [6.45, 7) is 2.01. The normalized spacial score (nSPS) is 18.1. The number of ether oxygens (including phenoxy) is 1. The number of benzene rings is 2. The average Bonchev–Trinajstić information content (AvgIpc) is 3.40. The second-order valence-electron chi connectivity index (χ2n) is 8.90. The molecule has 37 heavy (non-hydrogen) atoms. The fourth-order valence-corrected chi connectivity index (χ4v) is 4.05. The first-order valence-electron chi connectivity index (χ1n) is 11.8. The zero-order chi connectivity index (χ0) is 26.0. The van der Waals surface area contributed by atoms with E-state index in [9.17, 15) is 13.2 Å². The quantitative estimate of drug-likeness (QED) is 0.514. The molecule has 2 aliphatic heterocycles. The lowest BCUT2D eigenvalue weighted by molar-refractivity contribution is -0.137. The van der Waals surface area contributed by atoms with Crippen LogP contribution in [0.4, 0.5) is 36.2 Å². The Kier molecular flexibility index (Phi) is 6.96. The largest absolute Gasteiger partial charge is 0.416 e. The number of hydrazine groups is 1. The van der Waals surface area contributed by atoms with Gasteiger partial charge in [0.2, 0.25) is 5.95 Å². The molecule has 0 saturated carbocycles. The third-order valence-corrected chi connectivity index (χ3v) is 6.04. The Morgan fingerprint density at radius 3 is 2.46 bits per heavy atom. The SMILES string of the molecule is CN(C)C1N=CN(c2ccc(Nc3nccc(-c4cc(N5CCOCC5)cc(C(F)(F)F)c4)n3)cc2)N1. The Bertz CT molecular complexity index is 1260. The predicted molar refractivity (Wildman–Crippen MR) is 137 cm³/mol. The van der Waals surface area contributed by atoms with Gasteiger partial charge >= 0.3 is 6.18 Å². The number of nitrogens with zero attached hydrogens (tertiary/aromatic N) is 6. The molecule has 0 amide bonds. The van der Waals surface area contributed by atoms with Crippen molar-refractivity contribution in [2.75, 3.05) is 55.6 Å². The number of rotatable bonds is 6. The zero-order valence-electron chi connectivity index (χ0n) is 20.4. The van der Waals surface area contributed by atoms with Crippen LogP contribution in [0.15, 0.2) is 59.7 Å². The molecule has 194 valence electrons. The second kappa shape index (κ2) is 10.3. The van der Waals surface area contributed by atoms with Crippen LogP contribution in [0.25, 0.3) is 11.3 Å². The first-order chi connectivity index (χ1) is 17.8. The number of nitrogens with one attached hydrogen (secondary N) is 2. The summed E-state index contributed by atoms with van der Waals surface area (Å²) in [6.07, 6.45) is -1.36. The van der Waals surface area contributed by atoms with Gasteiger partial charge in [0, 0.05) is 36.2 Å². The van der Waals surface area contributed by atoms with Crippen molar-refractivity contribution in [3.63, 3.8) is 0 Å². The number of hydrogen-bond acceptors (Lipinski definition) is 9. The van der Waals surface area contributed by atoms with E-state index in [0.717, 1.165) is 17.4 Å². The lowest BCUT2D eigenvalue weighted by Gasteiger charge is -2.29. The van der Waals surface area contributed by atoms with Crippen LogP contribution in [0.3, 0.4) is 0 Å². The van der Waals surface area contributed by atoms with Gasteiger partial charge in [0.25, 0.3) is 0 Å². The van der Waals surface area contributed by atoms with Crippen molar-refractivity contribution in [1.82, 2.24) is 20.3 Å². The summed E-state index contributed by atoms with van der Waals surface area (Å²) in [5.74, 6) is 0.282. The number of aromatic nitrogens is 2. The number of alkyl halides is 3. The van der Waals surface area contributed by atoms with Crippen LogP contribution >= 0.6 is 0 Å². The highest BCUT2D eigenvalue weighted by Gasteiger charge is 2.32. The number of morpholine rings is 1. The molecule has 1 aromatic heterocycles. The third-order valence-electron chi connectivity index (χ3n) is 6.04. The maximum absolute atomic E-state index is 13.7. The molecular formula is C25H27F3N8O. The molecule has 1 atom stereocenters. The van der Waals surface area contributed by atoms with Gasteiger partial charge in [0.1, 0.15) is 6.34 Å². The fourth-order valence-electron chi connectivity index (χ4n) is 4.05. The summed E-state index contributed by atoms with van der Waals surface area (Å²) in [7, 11) is 3.87. The van der Waals surface area contributed by atoms with Crippen LogP contribution in [0.1, 0.15) is 5.56 Å². The minimum Gasteiger partial charge on any atom is -0.378 e. The molecule has 0 radical (unpaired) electrons. The third kappa shape index (κ3) is 5.82. The number of halogens is 3. The lowest BCUT2D eigenvalue weighted by atomic mass is 10.0. The molecular weight excluding hydrogens is 485 g/mol. The van der Waals surface area contributed by atoms with Gasteiger partial charge < -0.3 is 15.0 Å². The average molecular weight is 513 g/mol. The molecule has 5 rings (SSSR count). The summed E-state index contributed by atoms with van der Waals surface area (Å²) in [5, 5.41) is 4.95. The van der Waals surface area contributed by atoms with E-state index in [1.165, 1.54) is 12.3 Å². The summed E-state index contributed by atoms with van der Waals surface area (Å²) in [6, 6.07) is 13.2. The Balaban J connectivity index is 1.36. The smallest absolute Gasteiger partial charge is 0.378 e. The molecule has 3 aromatic rings. The summed E-state index contributed by atoms with van der Waals surface area (Å²) >= 11 is 0. The van der Waals surface area contributed by atoms with E-state index < -0.39 is 11.7 Å². The van der Waals surface area contributed by atoms with E-state index in [4.69, 9.17) is 4.74 Å². The first kappa shape index (κ1) is 24.9. The van der Waals surface area contributed by atoms with E-state index in [-0.39, 0.29) is 12.2 Å². The van der Waals surface area contributed by atoms with E-state index in [1.807, 2.05) is 53.2 Å². The summed E-state index contributed by atoms with van der Waals surface area (Å²) < 4.78 is 46.4.